The third-order valence-electron chi connectivity index (χ3n) is 5.65. The van der Waals surface area contributed by atoms with Crippen LogP contribution >= 0.6 is 15.9 Å². The van der Waals surface area contributed by atoms with Crippen LogP contribution in [0.4, 0.5) is 0 Å². The first-order valence-electron chi connectivity index (χ1n) is 9.15. The Labute approximate surface area is 165 Å². The average molecular weight is 407 g/mol. The molecule has 0 bridgehead atoms. The number of benzene rings is 6. The quantitative estimate of drug-likeness (QED) is 0.241. The summed E-state index contributed by atoms with van der Waals surface area (Å²) >= 11 is 3.70. The molecule has 0 atom stereocenters. The molecule has 0 fully saturated rings. The Morgan fingerprint density at radius 1 is 0.481 bits per heavy atom. The highest BCUT2D eigenvalue weighted by Gasteiger charge is 2.12. The molecule has 0 unspecified atom stereocenters. The standard InChI is InChI=1S/C26H15Br/c27-24-13-12-21(22-6-1-2-7-23(22)24)20-14-18-10-8-16-4-3-5-17-9-11-19(15-20)26(18)25(16)17/h1-15H. The molecule has 0 saturated heterocycles. The predicted molar refractivity (Wildman–Crippen MR) is 121 cm³/mol. The number of fused-ring (bicyclic) bond motifs is 1. The Kier molecular flexibility index (Phi) is 3.12. The maximum Gasteiger partial charge on any atom is 0.0254 e. The summed E-state index contributed by atoms with van der Waals surface area (Å²) in [6, 6.07) is 33.2. The van der Waals surface area contributed by atoms with E-state index in [1.165, 1.54) is 54.2 Å². The van der Waals surface area contributed by atoms with Crippen LogP contribution in [0.3, 0.4) is 0 Å². The van der Waals surface area contributed by atoms with Crippen LogP contribution in [-0.4, -0.2) is 0 Å². The highest BCUT2D eigenvalue weighted by atomic mass is 79.9. The van der Waals surface area contributed by atoms with Crippen LogP contribution in [0.5, 0.6) is 0 Å². The zero-order valence-electron chi connectivity index (χ0n) is 14.5. The van der Waals surface area contributed by atoms with Gasteiger partial charge in [-0.05, 0) is 72.4 Å². The number of hydrogen-bond donors (Lipinski definition) is 0. The van der Waals surface area contributed by atoms with Gasteiger partial charge in [-0.1, -0.05) is 88.7 Å². The smallest absolute Gasteiger partial charge is 0.0254 e. The number of hydrogen-bond acceptors (Lipinski definition) is 0. The van der Waals surface area contributed by atoms with Crippen LogP contribution in [0, 0.1) is 0 Å². The lowest BCUT2D eigenvalue weighted by Gasteiger charge is -2.14. The van der Waals surface area contributed by atoms with Gasteiger partial charge in [0.15, 0.2) is 0 Å². The molecule has 0 saturated carbocycles. The molecule has 0 heterocycles. The summed E-state index contributed by atoms with van der Waals surface area (Å²) in [5, 5.41) is 10.5. The fourth-order valence-electron chi connectivity index (χ4n) is 4.42. The van der Waals surface area contributed by atoms with Crippen LogP contribution < -0.4 is 0 Å². The largest absolute Gasteiger partial charge is 0.0616 e. The Morgan fingerprint density at radius 3 is 1.78 bits per heavy atom. The summed E-state index contributed by atoms with van der Waals surface area (Å²) in [7, 11) is 0. The minimum absolute atomic E-state index is 1.14. The summed E-state index contributed by atoms with van der Waals surface area (Å²) in [6.45, 7) is 0. The average Bonchev–Trinajstić information content (AvgIpc) is 2.72. The molecule has 0 aliphatic carbocycles. The Balaban J connectivity index is 1.74. The van der Waals surface area contributed by atoms with Gasteiger partial charge in [0.05, 0.1) is 0 Å². The van der Waals surface area contributed by atoms with Gasteiger partial charge in [-0.2, -0.15) is 0 Å². The van der Waals surface area contributed by atoms with Crippen molar-refractivity contribution in [1.29, 1.82) is 0 Å². The van der Waals surface area contributed by atoms with Crippen molar-refractivity contribution in [2.45, 2.75) is 0 Å². The van der Waals surface area contributed by atoms with Gasteiger partial charge in [-0.25, -0.2) is 0 Å². The van der Waals surface area contributed by atoms with Crippen molar-refractivity contribution in [1.82, 2.24) is 0 Å². The molecular weight excluding hydrogens is 392 g/mol. The van der Waals surface area contributed by atoms with Gasteiger partial charge in [-0.3, -0.25) is 0 Å². The Hall–Kier alpha value is -2.90. The van der Waals surface area contributed by atoms with E-state index in [1.807, 2.05) is 0 Å². The second-order valence-electron chi connectivity index (χ2n) is 7.15. The lowest BCUT2D eigenvalue weighted by Crippen LogP contribution is -1.87. The van der Waals surface area contributed by atoms with Crippen molar-refractivity contribution >= 4 is 59.0 Å². The van der Waals surface area contributed by atoms with E-state index in [2.05, 4.69) is 107 Å². The topological polar surface area (TPSA) is 0 Å². The molecule has 6 rings (SSSR count). The predicted octanol–water partition coefficient (Wildman–Crippen LogP) is 8.17. The molecule has 1 heteroatoms. The summed E-state index contributed by atoms with van der Waals surface area (Å²) in [6.07, 6.45) is 0. The first-order valence-corrected chi connectivity index (χ1v) is 9.94. The van der Waals surface area contributed by atoms with E-state index in [-0.39, 0.29) is 0 Å². The minimum atomic E-state index is 1.14. The SMILES string of the molecule is Brc1ccc(-c2cc3ccc4cccc5ccc(c2)c3c45)c2ccccc12. The van der Waals surface area contributed by atoms with Crippen LogP contribution in [0.1, 0.15) is 0 Å². The van der Waals surface area contributed by atoms with Gasteiger partial charge < -0.3 is 0 Å². The summed E-state index contributed by atoms with van der Waals surface area (Å²) in [5.41, 5.74) is 2.55. The fourth-order valence-corrected chi connectivity index (χ4v) is 4.90. The molecule has 0 aromatic heterocycles. The highest BCUT2D eigenvalue weighted by molar-refractivity contribution is 9.10. The second kappa shape index (κ2) is 5.55. The summed E-state index contributed by atoms with van der Waals surface area (Å²) < 4.78 is 1.14. The fraction of sp³-hybridized carbons (Fsp3) is 0. The zero-order valence-corrected chi connectivity index (χ0v) is 16.1. The monoisotopic (exact) mass is 406 g/mol. The Bertz CT molecular complexity index is 1410. The molecule has 126 valence electrons. The Morgan fingerprint density at radius 2 is 1.07 bits per heavy atom. The molecule has 6 aromatic rings. The van der Waals surface area contributed by atoms with Crippen LogP contribution in [0.2, 0.25) is 0 Å². The van der Waals surface area contributed by atoms with Crippen molar-refractivity contribution in [2.24, 2.45) is 0 Å². The van der Waals surface area contributed by atoms with Crippen LogP contribution in [0.25, 0.3) is 54.2 Å². The first kappa shape index (κ1) is 15.2. The molecule has 0 aliphatic heterocycles. The van der Waals surface area contributed by atoms with E-state index in [1.54, 1.807) is 0 Å². The van der Waals surface area contributed by atoms with Crippen LogP contribution in [0.15, 0.2) is 95.5 Å². The van der Waals surface area contributed by atoms with Crippen molar-refractivity contribution in [3.8, 4) is 11.1 Å². The molecular formula is C26H15Br. The zero-order chi connectivity index (χ0) is 18.0. The third kappa shape index (κ3) is 2.15. The molecule has 0 aliphatic rings. The number of rotatable bonds is 1. The van der Waals surface area contributed by atoms with Crippen molar-refractivity contribution in [3.05, 3.63) is 95.5 Å². The van der Waals surface area contributed by atoms with Gasteiger partial charge in [0, 0.05) is 4.47 Å². The maximum absolute atomic E-state index is 3.70. The van der Waals surface area contributed by atoms with E-state index < -0.39 is 0 Å². The van der Waals surface area contributed by atoms with Gasteiger partial charge in [0.25, 0.3) is 0 Å². The summed E-state index contributed by atoms with van der Waals surface area (Å²) in [5.74, 6) is 0. The number of halogens is 1. The van der Waals surface area contributed by atoms with E-state index >= 15 is 0 Å². The lowest BCUT2D eigenvalue weighted by molar-refractivity contribution is 1.67. The highest BCUT2D eigenvalue weighted by Crippen LogP contribution is 2.39. The molecule has 0 spiro atoms. The van der Waals surface area contributed by atoms with Crippen LogP contribution in [-0.2, 0) is 0 Å². The van der Waals surface area contributed by atoms with Gasteiger partial charge in [0.2, 0.25) is 0 Å². The van der Waals surface area contributed by atoms with Gasteiger partial charge >= 0.3 is 0 Å². The third-order valence-corrected chi connectivity index (χ3v) is 6.34. The molecule has 27 heavy (non-hydrogen) atoms. The van der Waals surface area contributed by atoms with Gasteiger partial charge in [0.1, 0.15) is 0 Å². The maximum atomic E-state index is 3.70. The summed E-state index contributed by atoms with van der Waals surface area (Å²) in [4.78, 5) is 0. The van der Waals surface area contributed by atoms with Crippen molar-refractivity contribution in [3.63, 3.8) is 0 Å². The lowest BCUT2D eigenvalue weighted by atomic mass is 9.90. The normalized spacial score (nSPS) is 11.9. The second-order valence-corrected chi connectivity index (χ2v) is 8.00. The van der Waals surface area contributed by atoms with Crippen molar-refractivity contribution in [2.75, 3.05) is 0 Å². The molecule has 0 N–H and O–H groups in total. The van der Waals surface area contributed by atoms with E-state index in [9.17, 15) is 0 Å². The molecule has 6 aromatic carbocycles. The molecule has 0 nitrogen and oxygen atoms in total. The van der Waals surface area contributed by atoms with Gasteiger partial charge in [-0.15, -0.1) is 0 Å². The van der Waals surface area contributed by atoms with E-state index in [0.29, 0.717) is 0 Å². The molecule has 0 radical (unpaired) electrons. The molecule has 0 amide bonds. The minimum Gasteiger partial charge on any atom is -0.0616 e. The van der Waals surface area contributed by atoms with E-state index in [4.69, 9.17) is 0 Å². The van der Waals surface area contributed by atoms with E-state index in [0.717, 1.165) is 4.47 Å². The first-order chi connectivity index (χ1) is 13.3. The van der Waals surface area contributed by atoms with Crippen molar-refractivity contribution < 1.29 is 0 Å².